The van der Waals surface area contributed by atoms with E-state index >= 15 is 0 Å². The fourth-order valence-electron chi connectivity index (χ4n) is 2.38. The number of allylic oxidation sites excluding steroid dienone is 1. The van der Waals surface area contributed by atoms with Crippen LogP contribution in [0.2, 0.25) is 0 Å². The second-order valence-electron chi connectivity index (χ2n) is 5.10. The molecule has 19 heavy (non-hydrogen) atoms. The number of hydrogen-bond acceptors (Lipinski definition) is 4. The van der Waals surface area contributed by atoms with Crippen molar-refractivity contribution in [2.75, 3.05) is 5.75 Å². The Bertz CT molecular complexity index is 519. The molecule has 1 fully saturated rings. The Morgan fingerprint density at radius 1 is 1.58 bits per heavy atom. The summed E-state index contributed by atoms with van der Waals surface area (Å²) in [6.45, 7) is 5.86. The second-order valence-corrected chi connectivity index (χ2v) is 6.16. The molecule has 0 spiro atoms. The zero-order valence-electron chi connectivity index (χ0n) is 11.3. The summed E-state index contributed by atoms with van der Waals surface area (Å²) in [5.41, 5.74) is 0.972. The lowest BCUT2D eigenvalue weighted by atomic mass is 10.2. The maximum Gasteiger partial charge on any atom is 0.258 e. The first-order valence-corrected chi connectivity index (χ1v) is 7.66. The highest BCUT2D eigenvalue weighted by Gasteiger charge is 2.21. The minimum atomic E-state index is -0.183. The van der Waals surface area contributed by atoms with Gasteiger partial charge < -0.3 is 5.11 Å². The summed E-state index contributed by atoms with van der Waals surface area (Å²) in [6, 6.07) is 1.45. The molecular weight excluding hydrogens is 260 g/mol. The molecule has 1 aromatic heterocycles. The zero-order chi connectivity index (χ0) is 13.8. The SMILES string of the molecule is C=C(C)CCSc1nc(O)cc(=O)n1C1CCCC1. The number of rotatable bonds is 5. The summed E-state index contributed by atoms with van der Waals surface area (Å²) < 4.78 is 1.76. The van der Waals surface area contributed by atoms with Gasteiger partial charge in [-0.25, -0.2) is 0 Å². The van der Waals surface area contributed by atoms with E-state index in [1.54, 1.807) is 4.57 Å². The minimum absolute atomic E-state index is 0.141. The molecule has 0 saturated heterocycles. The van der Waals surface area contributed by atoms with E-state index in [9.17, 15) is 9.90 Å². The van der Waals surface area contributed by atoms with E-state index in [-0.39, 0.29) is 17.5 Å². The molecule has 0 aliphatic heterocycles. The second kappa shape index (κ2) is 6.28. The van der Waals surface area contributed by atoms with Gasteiger partial charge in [-0.2, -0.15) is 4.98 Å². The van der Waals surface area contributed by atoms with Gasteiger partial charge in [-0.3, -0.25) is 9.36 Å². The maximum absolute atomic E-state index is 12.1. The average Bonchev–Trinajstić information content (AvgIpc) is 2.81. The summed E-state index contributed by atoms with van der Waals surface area (Å²) in [4.78, 5) is 16.2. The molecule has 0 atom stereocenters. The van der Waals surface area contributed by atoms with Crippen LogP contribution in [0, 0.1) is 0 Å². The highest BCUT2D eigenvalue weighted by atomic mass is 32.2. The van der Waals surface area contributed by atoms with Crippen molar-refractivity contribution in [3.05, 3.63) is 28.6 Å². The van der Waals surface area contributed by atoms with E-state index in [1.165, 1.54) is 17.8 Å². The van der Waals surface area contributed by atoms with Crippen LogP contribution in [0.5, 0.6) is 5.88 Å². The van der Waals surface area contributed by atoms with Gasteiger partial charge in [0.05, 0.1) is 6.07 Å². The molecule has 0 radical (unpaired) electrons. The van der Waals surface area contributed by atoms with Crippen LogP contribution in [0.4, 0.5) is 0 Å². The molecule has 0 aromatic carbocycles. The van der Waals surface area contributed by atoms with Crippen molar-refractivity contribution in [3.8, 4) is 5.88 Å². The van der Waals surface area contributed by atoms with E-state index in [2.05, 4.69) is 11.6 Å². The number of hydrogen-bond donors (Lipinski definition) is 1. The Kier molecular flexibility index (Phi) is 4.69. The van der Waals surface area contributed by atoms with Gasteiger partial charge in [-0.05, 0) is 26.2 Å². The van der Waals surface area contributed by atoms with Crippen LogP contribution in [-0.4, -0.2) is 20.4 Å². The van der Waals surface area contributed by atoms with Crippen LogP contribution < -0.4 is 5.56 Å². The third-order valence-corrected chi connectivity index (χ3v) is 4.31. The smallest absolute Gasteiger partial charge is 0.258 e. The predicted molar refractivity (Wildman–Crippen MR) is 77.8 cm³/mol. The molecule has 1 saturated carbocycles. The lowest BCUT2D eigenvalue weighted by molar-refractivity contribution is 0.406. The van der Waals surface area contributed by atoms with Crippen molar-refractivity contribution >= 4 is 11.8 Å². The normalized spacial score (nSPS) is 15.8. The topological polar surface area (TPSA) is 55.1 Å². The highest BCUT2D eigenvalue weighted by molar-refractivity contribution is 7.99. The predicted octanol–water partition coefficient (Wildman–Crippen LogP) is 3.12. The van der Waals surface area contributed by atoms with Crippen molar-refractivity contribution < 1.29 is 5.11 Å². The van der Waals surface area contributed by atoms with Gasteiger partial charge in [0.1, 0.15) is 0 Å². The van der Waals surface area contributed by atoms with Crippen LogP contribution in [0.15, 0.2) is 28.2 Å². The van der Waals surface area contributed by atoms with Gasteiger partial charge in [0.25, 0.3) is 5.56 Å². The maximum atomic E-state index is 12.1. The summed E-state index contributed by atoms with van der Waals surface area (Å²) in [5, 5.41) is 10.2. The Hall–Kier alpha value is -1.23. The highest BCUT2D eigenvalue weighted by Crippen LogP contribution is 2.32. The van der Waals surface area contributed by atoms with Gasteiger partial charge in [-0.1, -0.05) is 30.2 Å². The molecule has 104 valence electrons. The molecule has 1 aromatic rings. The first kappa shape index (κ1) is 14.2. The van der Waals surface area contributed by atoms with Gasteiger partial charge >= 0.3 is 0 Å². The minimum Gasteiger partial charge on any atom is -0.493 e. The average molecular weight is 280 g/mol. The summed E-state index contributed by atoms with van der Waals surface area (Å²) >= 11 is 1.52. The number of nitrogens with zero attached hydrogens (tertiary/aromatic N) is 2. The molecule has 2 rings (SSSR count). The first-order chi connectivity index (χ1) is 9.08. The number of thioether (sulfide) groups is 1. The van der Waals surface area contributed by atoms with Crippen LogP contribution >= 0.6 is 11.8 Å². The summed E-state index contributed by atoms with van der Waals surface area (Å²) in [7, 11) is 0. The third kappa shape index (κ3) is 3.62. The van der Waals surface area contributed by atoms with Gasteiger partial charge in [0.2, 0.25) is 5.88 Å². The number of aromatic hydroxyl groups is 1. The molecule has 0 unspecified atom stereocenters. The van der Waals surface area contributed by atoms with Crippen LogP contribution in [0.25, 0.3) is 0 Å². The lowest BCUT2D eigenvalue weighted by Crippen LogP contribution is -2.25. The Balaban J connectivity index is 2.23. The largest absolute Gasteiger partial charge is 0.493 e. The van der Waals surface area contributed by atoms with Crippen molar-refractivity contribution in [1.29, 1.82) is 0 Å². The fraction of sp³-hybridized carbons (Fsp3) is 0.571. The van der Waals surface area contributed by atoms with Crippen LogP contribution in [0.1, 0.15) is 45.1 Å². The molecular formula is C14H20N2O2S. The van der Waals surface area contributed by atoms with Gasteiger partial charge in [0.15, 0.2) is 5.16 Å². The van der Waals surface area contributed by atoms with E-state index in [4.69, 9.17) is 0 Å². The van der Waals surface area contributed by atoms with E-state index < -0.39 is 0 Å². The van der Waals surface area contributed by atoms with E-state index in [1.807, 2.05) is 6.92 Å². The summed E-state index contributed by atoms with van der Waals surface area (Å²) in [5.74, 6) is 0.648. The Labute approximate surface area is 117 Å². The molecule has 4 nitrogen and oxygen atoms in total. The molecule has 1 N–H and O–H groups in total. The fourth-order valence-corrected chi connectivity index (χ4v) is 3.54. The quantitative estimate of drug-likeness (QED) is 0.511. The monoisotopic (exact) mass is 280 g/mol. The molecule has 0 amide bonds. The molecule has 1 aliphatic carbocycles. The zero-order valence-corrected chi connectivity index (χ0v) is 12.1. The molecule has 1 heterocycles. The van der Waals surface area contributed by atoms with Crippen molar-refractivity contribution in [2.24, 2.45) is 0 Å². The van der Waals surface area contributed by atoms with Crippen molar-refractivity contribution in [1.82, 2.24) is 9.55 Å². The summed E-state index contributed by atoms with van der Waals surface area (Å²) in [6.07, 6.45) is 5.27. The van der Waals surface area contributed by atoms with Gasteiger partial charge in [0, 0.05) is 11.8 Å². The molecule has 0 bridgehead atoms. The van der Waals surface area contributed by atoms with Crippen LogP contribution in [0.3, 0.4) is 0 Å². The van der Waals surface area contributed by atoms with Crippen molar-refractivity contribution in [3.63, 3.8) is 0 Å². The molecule has 1 aliphatic rings. The van der Waals surface area contributed by atoms with Crippen molar-refractivity contribution in [2.45, 2.75) is 50.2 Å². The molecule has 5 heteroatoms. The third-order valence-electron chi connectivity index (χ3n) is 3.36. The Morgan fingerprint density at radius 3 is 2.89 bits per heavy atom. The standard InChI is InChI=1S/C14H20N2O2S/c1-10(2)7-8-19-14-15-12(17)9-13(18)16(14)11-5-3-4-6-11/h9,11,17H,1,3-8H2,2H3. The first-order valence-electron chi connectivity index (χ1n) is 6.67. The number of aromatic nitrogens is 2. The Morgan fingerprint density at radius 2 is 2.26 bits per heavy atom. The van der Waals surface area contributed by atoms with E-state index in [0.717, 1.165) is 43.4 Å². The lowest BCUT2D eigenvalue weighted by Gasteiger charge is -2.17. The van der Waals surface area contributed by atoms with E-state index in [0.29, 0.717) is 5.16 Å². The van der Waals surface area contributed by atoms with Crippen LogP contribution in [-0.2, 0) is 0 Å². The van der Waals surface area contributed by atoms with Gasteiger partial charge in [-0.15, -0.1) is 6.58 Å².